The van der Waals surface area contributed by atoms with E-state index >= 15 is 0 Å². The number of imidazole rings is 1. The summed E-state index contributed by atoms with van der Waals surface area (Å²) in [6.07, 6.45) is 5.51. The minimum absolute atomic E-state index is 0.0956. The van der Waals surface area contributed by atoms with Crippen LogP contribution >= 0.6 is 0 Å². The second kappa shape index (κ2) is 6.44. The lowest BCUT2D eigenvalue weighted by Crippen LogP contribution is -2.39. The van der Waals surface area contributed by atoms with Crippen LogP contribution in [-0.2, 0) is 0 Å². The normalized spacial score (nSPS) is 17.6. The van der Waals surface area contributed by atoms with Crippen molar-refractivity contribution in [2.75, 3.05) is 13.1 Å². The number of aromatic amines is 1. The predicted octanol–water partition coefficient (Wildman–Crippen LogP) is 3.30. The monoisotopic (exact) mass is 350 g/mol. The van der Waals surface area contributed by atoms with Gasteiger partial charge >= 0.3 is 0 Å². The number of hydrogen-bond donors (Lipinski definition) is 2. The lowest BCUT2D eigenvalue weighted by atomic mass is 9.97. The van der Waals surface area contributed by atoms with Crippen LogP contribution < -0.4 is 0 Å². The van der Waals surface area contributed by atoms with Crippen molar-refractivity contribution in [1.29, 1.82) is 0 Å². The number of pyridine rings is 1. The number of nitrogens with zero attached hydrogens (tertiary/aromatic N) is 3. The van der Waals surface area contributed by atoms with Gasteiger partial charge in [-0.1, -0.05) is 12.1 Å². The molecule has 3 aromatic rings. The number of phenols is 1. The second-order valence-corrected chi connectivity index (χ2v) is 7.02. The summed E-state index contributed by atoms with van der Waals surface area (Å²) in [6.45, 7) is 5.17. The zero-order valence-electron chi connectivity index (χ0n) is 15.0. The van der Waals surface area contributed by atoms with E-state index < -0.39 is 0 Å². The molecule has 1 saturated heterocycles. The highest BCUT2D eigenvalue weighted by molar-refractivity contribution is 5.97. The number of phenolic OH excluding ortho intramolecular Hbond substituents is 1. The summed E-state index contributed by atoms with van der Waals surface area (Å²) in [5.74, 6) is 1.20. The van der Waals surface area contributed by atoms with Crippen molar-refractivity contribution in [3.8, 4) is 5.75 Å². The Morgan fingerprint density at radius 3 is 2.92 bits per heavy atom. The van der Waals surface area contributed by atoms with Gasteiger partial charge in [-0.05, 0) is 43.9 Å². The number of amides is 1. The third kappa shape index (κ3) is 2.81. The Hall–Kier alpha value is -2.89. The molecule has 1 aliphatic rings. The lowest BCUT2D eigenvalue weighted by molar-refractivity contribution is 0.0699. The molecule has 2 N–H and O–H groups in total. The average molecular weight is 350 g/mol. The summed E-state index contributed by atoms with van der Waals surface area (Å²) in [4.78, 5) is 26.8. The van der Waals surface area contributed by atoms with E-state index in [-0.39, 0.29) is 17.6 Å². The molecule has 0 unspecified atom stereocenters. The molecule has 0 radical (unpaired) electrons. The fourth-order valence-corrected chi connectivity index (χ4v) is 3.78. The van der Waals surface area contributed by atoms with E-state index in [2.05, 4.69) is 15.0 Å². The molecule has 2 aromatic heterocycles. The van der Waals surface area contributed by atoms with Crippen molar-refractivity contribution in [2.45, 2.75) is 32.6 Å². The van der Waals surface area contributed by atoms with Crippen LogP contribution in [0.2, 0.25) is 0 Å². The van der Waals surface area contributed by atoms with Gasteiger partial charge in [-0.3, -0.25) is 4.79 Å². The molecule has 3 heterocycles. The van der Waals surface area contributed by atoms with E-state index in [1.165, 1.54) is 0 Å². The number of piperidine rings is 1. The van der Waals surface area contributed by atoms with Gasteiger partial charge in [0.1, 0.15) is 22.8 Å². The van der Waals surface area contributed by atoms with E-state index in [0.717, 1.165) is 35.2 Å². The number of likely N-dealkylation sites (tertiary alicyclic amines) is 1. The summed E-state index contributed by atoms with van der Waals surface area (Å²) in [6, 6.07) is 5.56. The number of fused-ring (bicyclic) bond motifs is 1. The first-order valence-corrected chi connectivity index (χ1v) is 8.93. The number of aromatic hydroxyl groups is 1. The maximum Gasteiger partial charge on any atom is 0.272 e. The fourth-order valence-electron chi connectivity index (χ4n) is 3.78. The summed E-state index contributed by atoms with van der Waals surface area (Å²) in [5, 5.41) is 11.2. The Bertz CT molecular complexity index is 966. The molecule has 0 bridgehead atoms. The SMILES string of the molecule is Cc1cc(C)c2ccc(C(=O)N3CCC[C@@H](c4ncc[nH]4)C3)nc2c1O. The van der Waals surface area contributed by atoms with Gasteiger partial charge in [0.15, 0.2) is 0 Å². The molecule has 1 aliphatic heterocycles. The Kier molecular flexibility index (Phi) is 4.11. The zero-order valence-corrected chi connectivity index (χ0v) is 15.0. The maximum absolute atomic E-state index is 13.0. The van der Waals surface area contributed by atoms with Gasteiger partial charge in [-0.15, -0.1) is 0 Å². The fraction of sp³-hybridized carbons (Fsp3) is 0.350. The lowest BCUT2D eigenvalue weighted by Gasteiger charge is -2.31. The molecule has 6 nitrogen and oxygen atoms in total. The number of carbonyl (C=O) groups is 1. The predicted molar refractivity (Wildman–Crippen MR) is 99.3 cm³/mol. The van der Waals surface area contributed by atoms with Crippen LogP contribution in [0.15, 0.2) is 30.6 Å². The van der Waals surface area contributed by atoms with Gasteiger partial charge in [-0.25, -0.2) is 9.97 Å². The van der Waals surface area contributed by atoms with Crippen molar-refractivity contribution < 1.29 is 9.90 Å². The number of nitrogens with one attached hydrogen (secondary N) is 1. The summed E-state index contributed by atoms with van der Waals surface area (Å²) in [7, 11) is 0. The number of aromatic nitrogens is 3. The summed E-state index contributed by atoms with van der Waals surface area (Å²) in [5.41, 5.74) is 2.67. The zero-order chi connectivity index (χ0) is 18.3. The minimum atomic E-state index is -0.0956. The first-order valence-electron chi connectivity index (χ1n) is 8.93. The molecule has 1 atom stereocenters. The molecule has 1 amide bonds. The average Bonchev–Trinajstić information content (AvgIpc) is 3.20. The minimum Gasteiger partial charge on any atom is -0.505 e. The molecule has 0 spiro atoms. The van der Waals surface area contributed by atoms with Gasteiger partial charge in [0.25, 0.3) is 5.91 Å². The molecular formula is C20H22N4O2. The number of aryl methyl sites for hydroxylation is 2. The van der Waals surface area contributed by atoms with Crippen molar-refractivity contribution >= 4 is 16.8 Å². The van der Waals surface area contributed by atoms with Gasteiger partial charge < -0.3 is 15.0 Å². The van der Waals surface area contributed by atoms with Crippen molar-refractivity contribution in [3.05, 3.63) is 53.2 Å². The first kappa shape index (κ1) is 16.6. The molecule has 4 rings (SSSR count). The number of hydrogen-bond acceptors (Lipinski definition) is 4. The third-order valence-corrected chi connectivity index (χ3v) is 5.18. The smallest absolute Gasteiger partial charge is 0.272 e. The number of rotatable bonds is 2. The highest BCUT2D eigenvalue weighted by Crippen LogP contribution is 2.30. The molecule has 1 fully saturated rings. The van der Waals surface area contributed by atoms with E-state index in [0.29, 0.717) is 24.3 Å². The van der Waals surface area contributed by atoms with E-state index in [9.17, 15) is 9.90 Å². The Balaban J connectivity index is 1.64. The van der Waals surface area contributed by atoms with Crippen molar-refractivity contribution in [1.82, 2.24) is 19.9 Å². The number of carbonyl (C=O) groups excluding carboxylic acids is 1. The molecule has 0 aliphatic carbocycles. The van der Waals surface area contributed by atoms with E-state index in [1.807, 2.05) is 37.1 Å². The van der Waals surface area contributed by atoms with Gasteiger partial charge in [0.2, 0.25) is 0 Å². The van der Waals surface area contributed by atoms with Crippen LogP contribution in [0.25, 0.3) is 10.9 Å². The molecular weight excluding hydrogens is 328 g/mol. The molecule has 134 valence electrons. The van der Waals surface area contributed by atoms with Crippen LogP contribution in [0.5, 0.6) is 5.75 Å². The van der Waals surface area contributed by atoms with Crippen LogP contribution in [0, 0.1) is 13.8 Å². The molecule has 1 aromatic carbocycles. The number of benzene rings is 1. The first-order chi connectivity index (χ1) is 12.5. The quantitative estimate of drug-likeness (QED) is 0.743. The molecule has 0 saturated carbocycles. The van der Waals surface area contributed by atoms with Gasteiger partial charge in [0, 0.05) is 36.8 Å². The Labute approximate surface area is 151 Å². The van der Waals surface area contributed by atoms with Gasteiger partial charge in [-0.2, -0.15) is 0 Å². The van der Waals surface area contributed by atoms with Crippen LogP contribution in [0.1, 0.15) is 46.2 Å². The van der Waals surface area contributed by atoms with Crippen molar-refractivity contribution in [2.24, 2.45) is 0 Å². The Morgan fingerprint density at radius 2 is 2.15 bits per heavy atom. The largest absolute Gasteiger partial charge is 0.505 e. The van der Waals surface area contributed by atoms with Crippen LogP contribution in [0.4, 0.5) is 0 Å². The van der Waals surface area contributed by atoms with Crippen LogP contribution in [0.3, 0.4) is 0 Å². The summed E-state index contributed by atoms with van der Waals surface area (Å²) >= 11 is 0. The molecule has 26 heavy (non-hydrogen) atoms. The highest BCUT2D eigenvalue weighted by atomic mass is 16.3. The topological polar surface area (TPSA) is 82.1 Å². The maximum atomic E-state index is 13.0. The number of H-pyrrole nitrogens is 1. The standard InChI is InChI=1S/C20H22N4O2/c1-12-10-13(2)18(25)17-15(12)5-6-16(23-17)20(26)24-9-3-4-14(11-24)19-21-7-8-22-19/h5-8,10,14,25H,3-4,9,11H2,1-2H3,(H,21,22)/t14-/m1/s1. The third-order valence-electron chi connectivity index (χ3n) is 5.18. The summed E-state index contributed by atoms with van der Waals surface area (Å²) < 4.78 is 0. The van der Waals surface area contributed by atoms with Crippen LogP contribution in [-0.4, -0.2) is 44.0 Å². The van der Waals surface area contributed by atoms with Gasteiger partial charge in [0.05, 0.1) is 0 Å². The molecule has 6 heteroatoms. The highest BCUT2D eigenvalue weighted by Gasteiger charge is 2.27. The Morgan fingerprint density at radius 1 is 1.31 bits per heavy atom. The van der Waals surface area contributed by atoms with E-state index in [4.69, 9.17) is 0 Å². The second-order valence-electron chi connectivity index (χ2n) is 7.02. The van der Waals surface area contributed by atoms with E-state index in [1.54, 1.807) is 12.3 Å². The van der Waals surface area contributed by atoms with Crippen molar-refractivity contribution in [3.63, 3.8) is 0 Å².